The van der Waals surface area contributed by atoms with Crippen molar-refractivity contribution >= 4 is 0 Å². The van der Waals surface area contributed by atoms with Crippen molar-refractivity contribution in [2.45, 2.75) is 6.04 Å². The molecule has 108 valence electrons. The van der Waals surface area contributed by atoms with Crippen molar-refractivity contribution in [1.29, 1.82) is 0 Å². The Morgan fingerprint density at radius 2 is 1.84 bits per heavy atom. The molecule has 0 bridgehead atoms. The van der Waals surface area contributed by atoms with Crippen molar-refractivity contribution in [1.82, 2.24) is 15.1 Å². The van der Waals surface area contributed by atoms with E-state index in [1.165, 1.54) is 6.07 Å². The smallest absolute Gasteiger partial charge is 0.163 e. The van der Waals surface area contributed by atoms with Gasteiger partial charge in [-0.05, 0) is 34.3 Å². The summed E-state index contributed by atoms with van der Waals surface area (Å²) in [6.07, 6.45) is 0. The second kappa shape index (κ2) is 7.53. The third-order valence-electron chi connectivity index (χ3n) is 3.13. The number of hydrogen-bond acceptors (Lipinski definition) is 3. The summed E-state index contributed by atoms with van der Waals surface area (Å²) < 4.78 is 27.0. The monoisotopic (exact) mass is 271 g/mol. The highest BCUT2D eigenvalue weighted by Gasteiger charge is 2.18. The van der Waals surface area contributed by atoms with Crippen LogP contribution in [0.3, 0.4) is 0 Å². The number of likely N-dealkylation sites (N-methyl/N-ethyl adjacent to an activating group) is 3. The van der Waals surface area contributed by atoms with Gasteiger partial charge in [-0.15, -0.1) is 0 Å². The molecule has 0 amide bonds. The average Bonchev–Trinajstić information content (AvgIpc) is 2.37. The maximum absolute atomic E-state index is 13.8. The van der Waals surface area contributed by atoms with Gasteiger partial charge in [-0.25, -0.2) is 8.78 Å². The van der Waals surface area contributed by atoms with Gasteiger partial charge in [0.1, 0.15) is 0 Å². The van der Waals surface area contributed by atoms with E-state index in [0.717, 1.165) is 19.2 Å². The standard InChI is InChI=1S/C14H23F2N3/c1-17-13(10-19(4)9-8-18(2)3)11-6-5-7-12(15)14(11)16/h5-7,13,17H,8-10H2,1-4H3. The second-order valence-corrected chi connectivity index (χ2v) is 5.05. The summed E-state index contributed by atoms with van der Waals surface area (Å²) in [5.41, 5.74) is 0.374. The second-order valence-electron chi connectivity index (χ2n) is 5.05. The first-order chi connectivity index (χ1) is 8.95. The zero-order valence-electron chi connectivity index (χ0n) is 12.1. The van der Waals surface area contributed by atoms with E-state index in [1.807, 2.05) is 21.1 Å². The normalized spacial score (nSPS) is 13.3. The molecule has 5 heteroatoms. The molecule has 1 atom stereocenters. The van der Waals surface area contributed by atoms with Gasteiger partial charge < -0.3 is 15.1 Å². The van der Waals surface area contributed by atoms with Crippen LogP contribution in [0.4, 0.5) is 8.78 Å². The molecular formula is C14H23F2N3. The highest BCUT2D eigenvalue weighted by molar-refractivity contribution is 5.22. The lowest BCUT2D eigenvalue weighted by Crippen LogP contribution is -2.35. The Hall–Kier alpha value is -1.04. The molecule has 1 aromatic carbocycles. The predicted molar refractivity (Wildman–Crippen MR) is 74.2 cm³/mol. The van der Waals surface area contributed by atoms with Gasteiger partial charge in [-0.2, -0.15) is 0 Å². The van der Waals surface area contributed by atoms with E-state index in [2.05, 4.69) is 15.1 Å². The van der Waals surface area contributed by atoms with Crippen molar-refractivity contribution in [2.75, 3.05) is 47.8 Å². The van der Waals surface area contributed by atoms with Crippen molar-refractivity contribution in [3.63, 3.8) is 0 Å². The lowest BCUT2D eigenvalue weighted by Gasteiger charge is -2.25. The summed E-state index contributed by atoms with van der Waals surface area (Å²) in [7, 11) is 7.76. The van der Waals surface area contributed by atoms with E-state index in [1.54, 1.807) is 13.1 Å². The molecule has 0 spiro atoms. The highest BCUT2D eigenvalue weighted by Crippen LogP contribution is 2.19. The minimum Gasteiger partial charge on any atom is -0.312 e. The third-order valence-corrected chi connectivity index (χ3v) is 3.13. The largest absolute Gasteiger partial charge is 0.312 e. The Kier molecular flexibility index (Phi) is 6.34. The minimum absolute atomic E-state index is 0.220. The summed E-state index contributed by atoms with van der Waals surface area (Å²) in [4.78, 5) is 4.19. The molecule has 3 nitrogen and oxygen atoms in total. The van der Waals surface area contributed by atoms with Crippen LogP contribution in [0.15, 0.2) is 18.2 Å². The molecule has 0 radical (unpaired) electrons. The Labute approximate surface area is 114 Å². The highest BCUT2D eigenvalue weighted by atomic mass is 19.2. The molecule has 0 heterocycles. The molecular weight excluding hydrogens is 248 g/mol. The number of halogens is 2. The Bertz CT molecular complexity index is 396. The molecule has 0 aromatic heterocycles. The number of hydrogen-bond donors (Lipinski definition) is 1. The zero-order valence-corrected chi connectivity index (χ0v) is 12.1. The molecule has 1 aromatic rings. The fourth-order valence-electron chi connectivity index (χ4n) is 1.91. The molecule has 0 fully saturated rings. The minimum atomic E-state index is -0.798. The maximum atomic E-state index is 13.8. The fraction of sp³-hybridized carbons (Fsp3) is 0.571. The van der Waals surface area contributed by atoms with Crippen LogP contribution in [0.1, 0.15) is 11.6 Å². The average molecular weight is 271 g/mol. The van der Waals surface area contributed by atoms with Crippen LogP contribution >= 0.6 is 0 Å². The molecule has 0 saturated heterocycles. The van der Waals surface area contributed by atoms with Gasteiger partial charge in [0.05, 0.1) is 0 Å². The van der Waals surface area contributed by atoms with Gasteiger partial charge in [-0.1, -0.05) is 12.1 Å². The van der Waals surface area contributed by atoms with E-state index >= 15 is 0 Å². The molecule has 0 saturated carbocycles. The number of benzene rings is 1. The van der Waals surface area contributed by atoms with E-state index in [-0.39, 0.29) is 6.04 Å². The molecule has 1 rings (SSSR count). The summed E-state index contributed by atoms with van der Waals surface area (Å²) in [6, 6.07) is 4.08. The molecule has 0 aliphatic rings. The molecule has 19 heavy (non-hydrogen) atoms. The van der Waals surface area contributed by atoms with Crippen LogP contribution in [0.25, 0.3) is 0 Å². The summed E-state index contributed by atoms with van der Waals surface area (Å²) in [5, 5.41) is 3.04. The van der Waals surface area contributed by atoms with Crippen LogP contribution in [-0.2, 0) is 0 Å². The van der Waals surface area contributed by atoms with Crippen molar-refractivity contribution in [3.05, 3.63) is 35.4 Å². The van der Waals surface area contributed by atoms with Gasteiger partial charge in [0.15, 0.2) is 11.6 Å². The van der Waals surface area contributed by atoms with Crippen LogP contribution in [0.2, 0.25) is 0 Å². The number of nitrogens with one attached hydrogen (secondary N) is 1. The lowest BCUT2D eigenvalue weighted by molar-refractivity contribution is 0.258. The van der Waals surface area contributed by atoms with Gasteiger partial charge >= 0.3 is 0 Å². The lowest BCUT2D eigenvalue weighted by atomic mass is 10.1. The van der Waals surface area contributed by atoms with Crippen molar-refractivity contribution < 1.29 is 8.78 Å². The van der Waals surface area contributed by atoms with Crippen molar-refractivity contribution in [2.24, 2.45) is 0 Å². The quantitative estimate of drug-likeness (QED) is 0.814. The fourth-order valence-corrected chi connectivity index (χ4v) is 1.91. The predicted octanol–water partition coefficient (Wildman–Crippen LogP) is 1.72. The van der Waals surface area contributed by atoms with E-state index < -0.39 is 11.6 Å². The SMILES string of the molecule is CNC(CN(C)CCN(C)C)c1cccc(F)c1F. The molecule has 1 N–H and O–H groups in total. The van der Waals surface area contributed by atoms with Gasteiger partial charge in [-0.3, -0.25) is 0 Å². The Morgan fingerprint density at radius 3 is 2.42 bits per heavy atom. The van der Waals surface area contributed by atoms with Crippen LogP contribution in [0.5, 0.6) is 0 Å². The Morgan fingerprint density at radius 1 is 1.16 bits per heavy atom. The summed E-state index contributed by atoms with van der Waals surface area (Å²) in [5.74, 6) is -1.56. The summed E-state index contributed by atoms with van der Waals surface area (Å²) in [6.45, 7) is 2.44. The first-order valence-corrected chi connectivity index (χ1v) is 6.40. The van der Waals surface area contributed by atoms with E-state index in [9.17, 15) is 8.78 Å². The summed E-state index contributed by atoms with van der Waals surface area (Å²) >= 11 is 0. The number of rotatable bonds is 7. The first-order valence-electron chi connectivity index (χ1n) is 6.40. The van der Waals surface area contributed by atoms with Crippen molar-refractivity contribution in [3.8, 4) is 0 Å². The van der Waals surface area contributed by atoms with E-state index in [4.69, 9.17) is 0 Å². The first kappa shape index (κ1) is 16.0. The molecule has 1 unspecified atom stereocenters. The van der Waals surface area contributed by atoms with E-state index in [0.29, 0.717) is 12.1 Å². The van der Waals surface area contributed by atoms with Crippen LogP contribution in [0, 0.1) is 11.6 Å². The zero-order chi connectivity index (χ0) is 14.4. The van der Waals surface area contributed by atoms with Crippen LogP contribution in [-0.4, -0.2) is 57.6 Å². The third kappa shape index (κ3) is 4.86. The topological polar surface area (TPSA) is 18.5 Å². The van der Waals surface area contributed by atoms with Gasteiger partial charge in [0.25, 0.3) is 0 Å². The van der Waals surface area contributed by atoms with Crippen LogP contribution < -0.4 is 5.32 Å². The molecule has 0 aliphatic heterocycles. The van der Waals surface area contributed by atoms with Gasteiger partial charge in [0, 0.05) is 31.2 Å². The Balaban J connectivity index is 2.70. The van der Waals surface area contributed by atoms with Gasteiger partial charge in [0.2, 0.25) is 0 Å². The number of nitrogens with zero attached hydrogens (tertiary/aromatic N) is 2. The maximum Gasteiger partial charge on any atom is 0.163 e. The molecule has 0 aliphatic carbocycles.